The Balaban J connectivity index is 2.80. The summed E-state index contributed by atoms with van der Waals surface area (Å²) in [5.74, 6) is -1.35. The highest BCUT2D eigenvalue weighted by Gasteiger charge is 2.37. The molecule has 8 heteroatoms. The van der Waals surface area contributed by atoms with Crippen LogP contribution in [0.4, 0.5) is 13.2 Å². The first-order chi connectivity index (χ1) is 9.66. The van der Waals surface area contributed by atoms with Gasteiger partial charge in [-0.15, -0.1) is 11.3 Å². The second-order valence-corrected chi connectivity index (χ2v) is 5.41. The minimum atomic E-state index is -4.50. The van der Waals surface area contributed by atoms with Crippen molar-refractivity contribution in [3.63, 3.8) is 0 Å². The van der Waals surface area contributed by atoms with E-state index in [1.807, 2.05) is 5.32 Å². The maximum atomic E-state index is 12.4. The number of esters is 1. The summed E-state index contributed by atoms with van der Waals surface area (Å²) in [4.78, 5) is 23.8. The minimum Gasteiger partial charge on any atom is -0.462 e. The van der Waals surface area contributed by atoms with Gasteiger partial charge in [0.15, 0.2) is 0 Å². The van der Waals surface area contributed by atoms with Crippen LogP contribution in [0.1, 0.15) is 34.6 Å². The van der Waals surface area contributed by atoms with Crippen molar-refractivity contribution in [1.29, 1.82) is 0 Å². The van der Waals surface area contributed by atoms with Gasteiger partial charge in [-0.2, -0.15) is 13.2 Å². The van der Waals surface area contributed by atoms with E-state index in [0.717, 1.165) is 18.3 Å². The Kier molecular flexibility index (Phi) is 5.77. The molecular weight excluding hydrogens is 307 g/mol. The zero-order valence-electron chi connectivity index (χ0n) is 11.8. The van der Waals surface area contributed by atoms with E-state index in [9.17, 15) is 22.8 Å². The standard InChI is InChI=1S/C13H16F3NO3S/c1-4-20-12(19)11-7(2)6-21-9(11)5-10(18)17-8(3)13(14,15)16/h6,8H,4-5H2,1-3H3,(H,17,18). The van der Waals surface area contributed by atoms with Crippen molar-refractivity contribution in [2.45, 2.75) is 39.4 Å². The fourth-order valence-electron chi connectivity index (χ4n) is 1.63. The van der Waals surface area contributed by atoms with Gasteiger partial charge in [-0.25, -0.2) is 4.79 Å². The zero-order valence-corrected chi connectivity index (χ0v) is 12.7. The van der Waals surface area contributed by atoms with Crippen molar-refractivity contribution < 1.29 is 27.5 Å². The molecule has 1 aromatic rings. The number of aryl methyl sites for hydroxylation is 1. The van der Waals surface area contributed by atoms with Crippen LogP contribution in [0.2, 0.25) is 0 Å². The number of hydrogen-bond donors (Lipinski definition) is 1. The molecule has 1 amide bonds. The summed E-state index contributed by atoms with van der Waals surface area (Å²) in [7, 11) is 0. The summed E-state index contributed by atoms with van der Waals surface area (Å²) < 4.78 is 42.0. The smallest absolute Gasteiger partial charge is 0.408 e. The molecule has 1 atom stereocenters. The van der Waals surface area contributed by atoms with Crippen LogP contribution in [0.15, 0.2) is 5.38 Å². The number of thiophene rings is 1. The molecule has 1 rings (SSSR count). The van der Waals surface area contributed by atoms with E-state index in [-0.39, 0.29) is 18.6 Å². The summed E-state index contributed by atoms with van der Waals surface area (Å²) in [6, 6.07) is -1.93. The molecule has 21 heavy (non-hydrogen) atoms. The van der Waals surface area contributed by atoms with Gasteiger partial charge in [0.2, 0.25) is 5.91 Å². The normalized spacial score (nSPS) is 12.9. The van der Waals surface area contributed by atoms with Crippen molar-refractivity contribution >= 4 is 23.2 Å². The Morgan fingerprint density at radius 1 is 1.43 bits per heavy atom. The third-order valence-electron chi connectivity index (χ3n) is 2.72. The number of rotatable bonds is 5. The monoisotopic (exact) mass is 323 g/mol. The Bertz CT molecular complexity index is 525. The lowest BCUT2D eigenvalue weighted by Crippen LogP contribution is -2.43. The number of halogens is 3. The molecule has 0 aliphatic rings. The number of hydrogen-bond acceptors (Lipinski definition) is 4. The van der Waals surface area contributed by atoms with Crippen LogP contribution >= 0.6 is 11.3 Å². The molecule has 118 valence electrons. The summed E-state index contributed by atoms with van der Waals surface area (Å²) >= 11 is 1.15. The molecule has 1 aromatic heterocycles. The zero-order chi connectivity index (χ0) is 16.2. The van der Waals surface area contributed by atoms with Gasteiger partial charge in [-0.3, -0.25) is 4.79 Å². The third kappa shape index (κ3) is 4.73. The molecule has 0 spiro atoms. The third-order valence-corrected chi connectivity index (χ3v) is 3.82. The van der Waals surface area contributed by atoms with E-state index >= 15 is 0 Å². The summed E-state index contributed by atoms with van der Waals surface area (Å²) in [6.07, 6.45) is -4.78. The highest BCUT2D eigenvalue weighted by Crippen LogP contribution is 2.24. The van der Waals surface area contributed by atoms with Gasteiger partial charge in [0, 0.05) is 4.88 Å². The number of nitrogens with one attached hydrogen (secondary N) is 1. The van der Waals surface area contributed by atoms with E-state index < -0.39 is 24.1 Å². The van der Waals surface area contributed by atoms with E-state index in [4.69, 9.17) is 4.74 Å². The molecule has 1 heterocycles. The highest BCUT2D eigenvalue weighted by atomic mass is 32.1. The first-order valence-corrected chi connectivity index (χ1v) is 7.15. The summed E-state index contributed by atoms with van der Waals surface area (Å²) in [5.41, 5.74) is 0.904. The molecular formula is C13H16F3NO3S. The van der Waals surface area contributed by atoms with Crippen molar-refractivity contribution in [3.05, 3.63) is 21.4 Å². The van der Waals surface area contributed by atoms with Gasteiger partial charge in [-0.05, 0) is 31.7 Å². The first-order valence-electron chi connectivity index (χ1n) is 6.27. The second kappa shape index (κ2) is 6.93. The lowest BCUT2D eigenvalue weighted by atomic mass is 10.1. The minimum absolute atomic E-state index is 0.185. The van der Waals surface area contributed by atoms with Crippen LogP contribution in [-0.2, 0) is 16.0 Å². The molecule has 0 aliphatic carbocycles. The SMILES string of the molecule is CCOC(=O)c1c(C)csc1CC(=O)NC(C)C(F)(F)F. The fraction of sp³-hybridized carbons (Fsp3) is 0.538. The Labute approximate surface area is 124 Å². The molecule has 0 saturated carbocycles. The predicted octanol–water partition coefficient (Wildman–Crippen LogP) is 2.84. The average Bonchev–Trinajstić information content (AvgIpc) is 2.69. The molecule has 0 aromatic carbocycles. The van der Waals surface area contributed by atoms with Crippen LogP contribution in [0.5, 0.6) is 0 Å². The molecule has 0 saturated heterocycles. The number of ether oxygens (including phenoxy) is 1. The maximum Gasteiger partial charge on any atom is 0.408 e. The molecule has 0 radical (unpaired) electrons. The maximum absolute atomic E-state index is 12.4. The van der Waals surface area contributed by atoms with Gasteiger partial charge in [-0.1, -0.05) is 0 Å². The van der Waals surface area contributed by atoms with Crippen LogP contribution in [-0.4, -0.2) is 30.7 Å². The Morgan fingerprint density at radius 3 is 2.57 bits per heavy atom. The number of amides is 1. The van der Waals surface area contributed by atoms with Gasteiger partial charge in [0.1, 0.15) is 6.04 Å². The molecule has 4 nitrogen and oxygen atoms in total. The topological polar surface area (TPSA) is 55.4 Å². The quantitative estimate of drug-likeness (QED) is 0.848. The Morgan fingerprint density at radius 2 is 2.05 bits per heavy atom. The van der Waals surface area contributed by atoms with E-state index in [2.05, 4.69) is 0 Å². The van der Waals surface area contributed by atoms with Crippen LogP contribution in [0, 0.1) is 6.92 Å². The van der Waals surface area contributed by atoms with E-state index in [0.29, 0.717) is 10.4 Å². The second-order valence-electron chi connectivity index (χ2n) is 4.44. The number of alkyl halides is 3. The van der Waals surface area contributed by atoms with Gasteiger partial charge in [0.05, 0.1) is 18.6 Å². The summed E-state index contributed by atoms with van der Waals surface area (Å²) in [6.45, 7) is 4.38. The van der Waals surface area contributed by atoms with Crippen molar-refractivity contribution in [2.24, 2.45) is 0 Å². The largest absolute Gasteiger partial charge is 0.462 e. The lowest BCUT2D eigenvalue weighted by Gasteiger charge is -2.17. The average molecular weight is 323 g/mol. The summed E-state index contributed by atoms with van der Waals surface area (Å²) in [5, 5.41) is 3.54. The van der Waals surface area contributed by atoms with E-state index in [1.54, 1.807) is 19.2 Å². The van der Waals surface area contributed by atoms with Crippen LogP contribution in [0.25, 0.3) is 0 Å². The molecule has 0 fully saturated rings. The molecule has 0 bridgehead atoms. The molecule has 1 N–H and O–H groups in total. The number of carbonyl (C=O) groups excluding carboxylic acids is 2. The van der Waals surface area contributed by atoms with Gasteiger partial charge in [0.25, 0.3) is 0 Å². The van der Waals surface area contributed by atoms with Crippen molar-refractivity contribution in [3.8, 4) is 0 Å². The van der Waals surface area contributed by atoms with Crippen molar-refractivity contribution in [2.75, 3.05) is 6.61 Å². The Hall–Kier alpha value is -1.57. The van der Waals surface area contributed by atoms with Crippen LogP contribution < -0.4 is 5.32 Å². The van der Waals surface area contributed by atoms with Crippen molar-refractivity contribution in [1.82, 2.24) is 5.32 Å². The predicted molar refractivity (Wildman–Crippen MR) is 72.4 cm³/mol. The van der Waals surface area contributed by atoms with Crippen LogP contribution in [0.3, 0.4) is 0 Å². The lowest BCUT2D eigenvalue weighted by molar-refractivity contribution is -0.157. The molecule has 1 unspecified atom stereocenters. The van der Waals surface area contributed by atoms with Gasteiger partial charge < -0.3 is 10.1 Å². The van der Waals surface area contributed by atoms with Gasteiger partial charge >= 0.3 is 12.1 Å². The highest BCUT2D eigenvalue weighted by molar-refractivity contribution is 7.10. The first kappa shape index (κ1) is 17.5. The fourth-order valence-corrected chi connectivity index (χ4v) is 2.64. The van der Waals surface area contributed by atoms with E-state index in [1.165, 1.54) is 0 Å². The molecule has 0 aliphatic heterocycles. The number of carbonyl (C=O) groups is 2.